The molecule has 4 heterocycles. The molecule has 2 aromatic carbocycles. The Kier molecular flexibility index (Phi) is 9.56. The summed E-state index contributed by atoms with van der Waals surface area (Å²) in [6, 6.07) is 19.9. The van der Waals surface area contributed by atoms with Crippen LogP contribution >= 0.6 is 24.8 Å². The molecule has 3 saturated heterocycles. The number of hydrogen-bond acceptors (Lipinski definition) is 4. The van der Waals surface area contributed by atoms with Gasteiger partial charge in [0.1, 0.15) is 5.82 Å². The Labute approximate surface area is 251 Å². The fourth-order valence-corrected chi connectivity index (χ4v) is 7.49. The average molecular weight is 587 g/mol. The molecule has 0 aliphatic carbocycles. The van der Waals surface area contributed by atoms with Crippen LogP contribution in [0.15, 0.2) is 48.5 Å². The van der Waals surface area contributed by atoms with E-state index < -0.39 is 5.54 Å². The van der Waals surface area contributed by atoms with Gasteiger partial charge in [0.25, 0.3) is 0 Å². The molecule has 1 aromatic heterocycles. The van der Waals surface area contributed by atoms with Gasteiger partial charge in [-0.2, -0.15) is 0 Å². The van der Waals surface area contributed by atoms with Crippen LogP contribution in [-0.4, -0.2) is 62.5 Å². The van der Waals surface area contributed by atoms with Gasteiger partial charge in [0.05, 0.1) is 16.6 Å². The summed E-state index contributed by atoms with van der Waals surface area (Å²) >= 11 is 0. The van der Waals surface area contributed by atoms with Crippen LogP contribution in [0.3, 0.4) is 0 Å². The molecule has 3 aliphatic heterocycles. The highest BCUT2D eigenvalue weighted by molar-refractivity contribution is 5.86. The predicted molar refractivity (Wildman–Crippen MR) is 168 cm³/mol. The summed E-state index contributed by atoms with van der Waals surface area (Å²) in [5, 5.41) is 0. The van der Waals surface area contributed by atoms with Crippen LogP contribution in [0, 0.1) is 6.92 Å². The number of amides is 1. The Balaban J connectivity index is 0.00000185. The first-order chi connectivity index (χ1) is 18.3. The van der Waals surface area contributed by atoms with Crippen molar-refractivity contribution in [1.29, 1.82) is 0 Å². The second kappa shape index (κ2) is 12.4. The van der Waals surface area contributed by atoms with Gasteiger partial charge in [0.15, 0.2) is 0 Å². The lowest BCUT2D eigenvalue weighted by molar-refractivity contribution is -0.136. The molecule has 2 unspecified atom stereocenters. The molecule has 3 aromatic rings. The van der Waals surface area contributed by atoms with Crippen molar-refractivity contribution in [1.82, 2.24) is 19.4 Å². The normalized spacial score (nSPS) is 23.6. The number of aromatic nitrogens is 2. The van der Waals surface area contributed by atoms with E-state index in [1.165, 1.54) is 42.3 Å². The number of fused-ring (bicyclic) bond motifs is 3. The highest BCUT2D eigenvalue weighted by atomic mass is 35.5. The quantitative estimate of drug-likeness (QED) is 0.383. The van der Waals surface area contributed by atoms with Crippen molar-refractivity contribution in [2.24, 2.45) is 5.73 Å². The van der Waals surface area contributed by atoms with Gasteiger partial charge in [0.2, 0.25) is 5.91 Å². The van der Waals surface area contributed by atoms with Gasteiger partial charge in [-0.3, -0.25) is 9.69 Å². The number of carbonyl (C=O) groups excluding carboxylic acids is 1. The van der Waals surface area contributed by atoms with Crippen LogP contribution in [0.4, 0.5) is 0 Å². The molecule has 2 atom stereocenters. The predicted octanol–water partition coefficient (Wildman–Crippen LogP) is 6.04. The minimum atomic E-state index is -0.782. The number of rotatable bonds is 6. The summed E-state index contributed by atoms with van der Waals surface area (Å²) in [6.07, 6.45) is 8.28. The third-order valence-electron chi connectivity index (χ3n) is 9.44. The van der Waals surface area contributed by atoms with E-state index in [9.17, 15) is 4.79 Å². The highest BCUT2D eigenvalue weighted by Crippen LogP contribution is 2.42. The molecular formula is C32H45Cl2N5O. The van der Waals surface area contributed by atoms with E-state index in [1.54, 1.807) is 13.8 Å². The zero-order valence-electron chi connectivity index (χ0n) is 24.1. The first-order valence-corrected chi connectivity index (χ1v) is 14.6. The lowest BCUT2D eigenvalue weighted by atomic mass is 9.88. The van der Waals surface area contributed by atoms with Gasteiger partial charge in [-0.25, -0.2) is 4.98 Å². The van der Waals surface area contributed by atoms with E-state index in [0.717, 1.165) is 50.2 Å². The van der Waals surface area contributed by atoms with Gasteiger partial charge in [-0.15, -0.1) is 24.8 Å². The van der Waals surface area contributed by atoms with E-state index in [4.69, 9.17) is 10.7 Å². The minimum absolute atomic E-state index is 0. The fourth-order valence-electron chi connectivity index (χ4n) is 7.49. The lowest BCUT2D eigenvalue weighted by Crippen LogP contribution is -2.53. The molecule has 3 aliphatic rings. The van der Waals surface area contributed by atoms with Gasteiger partial charge in [-0.05, 0) is 94.9 Å². The lowest BCUT2D eigenvalue weighted by Gasteiger charge is -2.40. The number of hydrogen-bond donors (Lipinski definition) is 1. The van der Waals surface area contributed by atoms with Crippen LogP contribution < -0.4 is 5.73 Å². The SMILES string of the molecule is Cc1nc2ccccc2n1C1CC2CCC(C1)N2CCc1ccc(C2CCN(C(=O)C(C)(C)N)CC2)cc1.Cl.Cl. The average Bonchev–Trinajstić information content (AvgIpc) is 3.37. The van der Waals surface area contributed by atoms with Gasteiger partial charge < -0.3 is 15.2 Å². The smallest absolute Gasteiger partial charge is 0.242 e. The van der Waals surface area contributed by atoms with Crippen LogP contribution in [0.1, 0.15) is 81.3 Å². The number of aryl methyl sites for hydroxylation is 1. The van der Waals surface area contributed by atoms with Crippen molar-refractivity contribution in [2.75, 3.05) is 19.6 Å². The zero-order chi connectivity index (χ0) is 26.4. The topological polar surface area (TPSA) is 67.4 Å². The van der Waals surface area contributed by atoms with Crippen LogP contribution in [0.25, 0.3) is 11.0 Å². The maximum atomic E-state index is 12.5. The molecule has 2 bridgehead atoms. The van der Waals surface area contributed by atoms with Gasteiger partial charge in [0, 0.05) is 37.8 Å². The molecule has 3 fully saturated rings. The molecular weight excluding hydrogens is 541 g/mol. The first kappa shape index (κ1) is 30.8. The van der Waals surface area contributed by atoms with Crippen molar-refractivity contribution < 1.29 is 4.79 Å². The minimum Gasteiger partial charge on any atom is -0.341 e. The largest absolute Gasteiger partial charge is 0.341 e. The molecule has 8 heteroatoms. The third-order valence-corrected chi connectivity index (χ3v) is 9.44. The summed E-state index contributed by atoms with van der Waals surface area (Å²) < 4.78 is 2.52. The number of para-hydroxylation sites is 2. The van der Waals surface area contributed by atoms with Gasteiger partial charge >= 0.3 is 0 Å². The van der Waals surface area contributed by atoms with Crippen molar-refractivity contribution in [3.8, 4) is 0 Å². The Bertz CT molecular complexity index is 1280. The van der Waals surface area contributed by atoms with Crippen LogP contribution in [0.5, 0.6) is 0 Å². The van der Waals surface area contributed by atoms with Crippen molar-refractivity contribution in [2.45, 2.75) is 95.3 Å². The summed E-state index contributed by atoms with van der Waals surface area (Å²) in [5.41, 5.74) is 10.5. The number of nitrogens with two attached hydrogens (primary N) is 1. The number of piperidine rings is 2. The monoisotopic (exact) mass is 585 g/mol. The molecule has 218 valence electrons. The molecule has 0 spiro atoms. The maximum Gasteiger partial charge on any atom is 0.242 e. The molecule has 2 N–H and O–H groups in total. The number of benzene rings is 2. The van der Waals surface area contributed by atoms with Crippen molar-refractivity contribution in [3.63, 3.8) is 0 Å². The number of imidazole rings is 1. The number of carbonyl (C=O) groups is 1. The summed E-state index contributed by atoms with van der Waals surface area (Å²) in [7, 11) is 0. The van der Waals surface area contributed by atoms with E-state index in [2.05, 4.69) is 64.9 Å². The van der Waals surface area contributed by atoms with Crippen LogP contribution in [0.2, 0.25) is 0 Å². The Hall–Kier alpha value is -2.12. The van der Waals surface area contributed by atoms with Crippen LogP contribution in [-0.2, 0) is 11.2 Å². The van der Waals surface area contributed by atoms with E-state index in [-0.39, 0.29) is 30.7 Å². The second-order valence-electron chi connectivity index (χ2n) is 12.5. The van der Waals surface area contributed by atoms with Crippen molar-refractivity contribution >= 4 is 41.8 Å². The number of nitrogens with zero attached hydrogens (tertiary/aromatic N) is 4. The standard InChI is InChI=1S/C32H43N5O.2ClH/c1-22-34-29-6-4-5-7-30(29)37(22)28-20-26-12-13-27(21-28)36(26)19-14-23-8-10-24(11-9-23)25-15-17-35(18-16-25)31(38)32(2,3)33;;/h4-11,25-28H,12-21,33H2,1-3H3;2*1H. The summed E-state index contributed by atoms with van der Waals surface area (Å²) in [4.78, 5) is 22.1. The molecule has 0 saturated carbocycles. The Morgan fingerprint density at radius 3 is 2.17 bits per heavy atom. The number of likely N-dealkylation sites (tertiary alicyclic amines) is 1. The zero-order valence-corrected chi connectivity index (χ0v) is 25.7. The maximum absolute atomic E-state index is 12.5. The van der Waals surface area contributed by atoms with E-state index >= 15 is 0 Å². The molecule has 0 radical (unpaired) electrons. The Morgan fingerprint density at radius 1 is 0.925 bits per heavy atom. The van der Waals surface area contributed by atoms with Crippen molar-refractivity contribution in [3.05, 3.63) is 65.5 Å². The molecule has 1 amide bonds. The first-order valence-electron chi connectivity index (χ1n) is 14.6. The number of halogens is 2. The van der Waals surface area contributed by atoms with E-state index in [0.29, 0.717) is 24.0 Å². The third kappa shape index (κ3) is 6.06. The highest BCUT2D eigenvalue weighted by Gasteiger charge is 2.41. The summed E-state index contributed by atoms with van der Waals surface area (Å²) in [6.45, 7) is 8.53. The molecule has 6 nitrogen and oxygen atoms in total. The fraction of sp³-hybridized carbons (Fsp3) is 0.562. The van der Waals surface area contributed by atoms with E-state index in [1.807, 2.05) is 4.90 Å². The second-order valence-corrected chi connectivity index (χ2v) is 12.5. The molecule has 6 rings (SSSR count). The van der Waals surface area contributed by atoms with Gasteiger partial charge in [-0.1, -0.05) is 36.4 Å². The summed E-state index contributed by atoms with van der Waals surface area (Å²) in [5.74, 6) is 1.76. The Morgan fingerprint density at radius 2 is 1.55 bits per heavy atom. The molecule has 40 heavy (non-hydrogen) atoms.